The van der Waals surface area contributed by atoms with Crippen LogP contribution in [0.3, 0.4) is 0 Å². The van der Waals surface area contributed by atoms with Gasteiger partial charge < -0.3 is 9.64 Å². The van der Waals surface area contributed by atoms with Crippen molar-refractivity contribution in [2.24, 2.45) is 17.3 Å². The molecular weight excluding hydrogens is 540 g/mol. The van der Waals surface area contributed by atoms with Gasteiger partial charge in [0.05, 0.1) is 17.6 Å². The molecule has 0 spiro atoms. The molecule has 1 amide bonds. The third kappa shape index (κ3) is 7.70. The predicted molar refractivity (Wildman–Crippen MR) is 173 cm³/mol. The van der Waals surface area contributed by atoms with Gasteiger partial charge in [0, 0.05) is 31.5 Å². The van der Waals surface area contributed by atoms with Gasteiger partial charge in [0.2, 0.25) is 5.91 Å². The highest BCUT2D eigenvalue weighted by Gasteiger charge is 2.55. The van der Waals surface area contributed by atoms with E-state index >= 15 is 0 Å². The van der Waals surface area contributed by atoms with Gasteiger partial charge in [-0.3, -0.25) is 4.79 Å². The first-order valence-electron chi connectivity index (χ1n) is 16.9. The van der Waals surface area contributed by atoms with E-state index in [-0.39, 0.29) is 22.5 Å². The second-order valence-corrected chi connectivity index (χ2v) is 14.1. The number of alkyl halides is 2. The summed E-state index contributed by atoms with van der Waals surface area (Å²) >= 11 is 0. The fourth-order valence-electron chi connectivity index (χ4n) is 8.58. The Kier molecular flexibility index (Phi) is 11.1. The molecule has 0 aromatic heterocycles. The molecule has 1 aromatic carbocycles. The molecule has 4 atom stereocenters. The Morgan fingerprint density at radius 3 is 2.49 bits per heavy atom. The maximum atomic E-state index is 13.7. The number of hydrogen-bond acceptors (Lipinski definition) is 2. The molecular formula is C38H55F2NO2. The summed E-state index contributed by atoms with van der Waals surface area (Å²) in [5, 5.41) is 0. The Labute approximate surface area is 259 Å². The van der Waals surface area contributed by atoms with E-state index in [2.05, 4.69) is 57.7 Å². The van der Waals surface area contributed by atoms with Crippen LogP contribution in [0.1, 0.15) is 117 Å². The molecule has 1 saturated heterocycles. The Balaban J connectivity index is 0.000000215. The number of carbonyl (C=O) groups is 1. The summed E-state index contributed by atoms with van der Waals surface area (Å²) < 4.78 is 33.7. The molecule has 0 radical (unpaired) electrons. The third-order valence-electron chi connectivity index (χ3n) is 10.7. The summed E-state index contributed by atoms with van der Waals surface area (Å²) in [6.07, 6.45) is 15.1. The van der Waals surface area contributed by atoms with Crippen molar-refractivity contribution < 1.29 is 18.3 Å². The first-order valence-corrected chi connectivity index (χ1v) is 16.9. The van der Waals surface area contributed by atoms with Crippen molar-refractivity contribution in [1.29, 1.82) is 0 Å². The molecule has 2 aliphatic carbocycles. The Morgan fingerprint density at radius 1 is 1.16 bits per heavy atom. The average molecular weight is 596 g/mol. The van der Waals surface area contributed by atoms with Crippen LogP contribution in [-0.2, 0) is 9.53 Å². The van der Waals surface area contributed by atoms with Crippen LogP contribution in [0.25, 0.3) is 0 Å². The van der Waals surface area contributed by atoms with E-state index in [9.17, 15) is 13.6 Å². The van der Waals surface area contributed by atoms with E-state index < -0.39 is 5.92 Å². The maximum Gasteiger partial charge on any atom is 0.270 e. The number of rotatable bonds is 9. The molecule has 3 fully saturated rings. The average Bonchev–Trinajstić information content (AvgIpc) is 3.66. The lowest BCUT2D eigenvalue weighted by atomic mass is 9.78. The normalized spacial score (nSPS) is 28.9. The van der Waals surface area contributed by atoms with Gasteiger partial charge in [-0.05, 0) is 87.3 Å². The van der Waals surface area contributed by atoms with Gasteiger partial charge in [-0.25, -0.2) is 8.78 Å². The monoisotopic (exact) mass is 595 g/mol. The van der Waals surface area contributed by atoms with Crippen molar-refractivity contribution in [3.63, 3.8) is 0 Å². The second-order valence-electron chi connectivity index (χ2n) is 14.1. The minimum Gasteiger partial charge on any atom is -0.374 e. The SMILES string of the molecule is C=C/C(=C\C1=C(C)CCN(C(=O)C23CCCC2C[C@@H](C)C3)C1)C(C)(F)F.CCCC1(CCC)CC(c2ccccc2)CO1. The summed E-state index contributed by atoms with van der Waals surface area (Å²) in [7, 11) is 0. The summed E-state index contributed by atoms with van der Waals surface area (Å²) in [4.78, 5) is 15.4. The van der Waals surface area contributed by atoms with Crippen molar-refractivity contribution in [3.05, 3.63) is 71.3 Å². The first kappa shape index (κ1) is 33.6. The predicted octanol–water partition coefficient (Wildman–Crippen LogP) is 10.0. The van der Waals surface area contributed by atoms with Crippen LogP contribution in [-0.4, -0.2) is 42.0 Å². The number of benzene rings is 1. The number of nitrogens with zero attached hydrogens (tertiary/aromatic N) is 1. The zero-order chi connectivity index (χ0) is 31.3. The maximum absolute atomic E-state index is 13.7. The minimum absolute atomic E-state index is 0.0763. The number of halogens is 2. The lowest BCUT2D eigenvalue weighted by Gasteiger charge is -2.38. The van der Waals surface area contributed by atoms with Crippen LogP contribution < -0.4 is 0 Å². The van der Waals surface area contributed by atoms with Gasteiger partial charge in [0.25, 0.3) is 5.92 Å². The van der Waals surface area contributed by atoms with E-state index in [0.717, 1.165) is 63.2 Å². The molecule has 238 valence electrons. The Bertz CT molecular complexity index is 1160. The molecule has 4 aliphatic rings. The molecule has 43 heavy (non-hydrogen) atoms. The van der Waals surface area contributed by atoms with E-state index in [4.69, 9.17) is 4.74 Å². The van der Waals surface area contributed by atoms with E-state index in [0.29, 0.717) is 30.8 Å². The second kappa shape index (κ2) is 14.2. The summed E-state index contributed by atoms with van der Waals surface area (Å²) in [5.41, 5.74) is 3.30. The van der Waals surface area contributed by atoms with Crippen LogP contribution in [0, 0.1) is 17.3 Å². The molecule has 2 aliphatic heterocycles. The van der Waals surface area contributed by atoms with Crippen LogP contribution in [0.2, 0.25) is 0 Å². The highest BCUT2D eigenvalue weighted by Crippen LogP contribution is 2.57. The van der Waals surface area contributed by atoms with Gasteiger partial charge in [-0.15, -0.1) is 0 Å². The first-order chi connectivity index (χ1) is 20.5. The number of carbonyl (C=O) groups excluding carboxylic acids is 1. The Morgan fingerprint density at radius 2 is 1.86 bits per heavy atom. The lowest BCUT2D eigenvalue weighted by Crippen LogP contribution is -2.46. The summed E-state index contributed by atoms with van der Waals surface area (Å²) in [6, 6.07) is 10.8. The number of allylic oxidation sites excluding steroid dienone is 2. The number of amides is 1. The highest BCUT2D eigenvalue weighted by molar-refractivity contribution is 5.84. The molecule has 1 aromatic rings. The molecule has 0 N–H and O–H groups in total. The number of fused-ring (bicyclic) bond motifs is 1. The van der Waals surface area contributed by atoms with Gasteiger partial charge in [-0.2, -0.15) is 0 Å². The Hall–Kier alpha value is -2.27. The standard InChI is InChI=1S/C22H31F2NO.C16H24O/c1-5-18(21(4,23)24)12-17-14-25(10-8-16(17)3)20(26)22-9-6-7-19(22)11-15(2)13-22;1-3-10-16(11-4-2)12-15(13-17-16)14-8-6-5-7-9-14/h5,12,15,19H,1,6-11,13-14H2,2-4H3;5-9,15H,3-4,10-13H2,1-2H3/b18-12+;/t15-,19?,22?;/m1./s1. The number of hydrogen-bond donors (Lipinski definition) is 0. The minimum atomic E-state index is -2.92. The van der Waals surface area contributed by atoms with Crippen molar-refractivity contribution in [3.8, 4) is 0 Å². The largest absolute Gasteiger partial charge is 0.374 e. The van der Waals surface area contributed by atoms with Crippen molar-refractivity contribution in [2.45, 2.75) is 123 Å². The van der Waals surface area contributed by atoms with Crippen LogP contribution in [0.4, 0.5) is 8.78 Å². The third-order valence-corrected chi connectivity index (χ3v) is 10.7. The molecule has 5 heteroatoms. The molecule has 3 nitrogen and oxygen atoms in total. The lowest BCUT2D eigenvalue weighted by molar-refractivity contribution is -0.143. The van der Waals surface area contributed by atoms with Crippen LogP contribution in [0.15, 0.2) is 65.8 Å². The molecule has 0 bridgehead atoms. The van der Waals surface area contributed by atoms with Gasteiger partial charge in [0.1, 0.15) is 0 Å². The molecule has 2 heterocycles. The van der Waals surface area contributed by atoms with E-state index in [1.165, 1.54) is 43.7 Å². The fourth-order valence-corrected chi connectivity index (χ4v) is 8.58. The molecule has 2 saturated carbocycles. The molecule has 5 rings (SSSR count). The smallest absolute Gasteiger partial charge is 0.270 e. The highest BCUT2D eigenvalue weighted by atomic mass is 19.3. The number of ether oxygens (including phenoxy) is 1. The van der Waals surface area contributed by atoms with Crippen LogP contribution in [0.5, 0.6) is 0 Å². The van der Waals surface area contributed by atoms with E-state index in [1.54, 1.807) is 6.08 Å². The van der Waals surface area contributed by atoms with Crippen molar-refractivity contribution in [1.82, 2.24) is 4.90 Å². The topological polar surface area (TPSA) is 29.5 Å². The van der Waals surface area contributed by atoms with Crippen molar-refractivity contribution >= 4 is 5.91 Å². The zero-order valence-electron chi connectivity index (χ0n) is 27.4. The summed E-state index contributed by atoms with van der Waals surface area (Å²) in [6.45, 7) is 15.2. The van der Waals surface area contributed by atoms with Gasteiger partial charge >= 0.3 is 0 Å². The van der Waals surface area contributed by atoms with Crippen LogP contribution >= 0.6 is 0 Å². The summed E-state index contributed by atoms with van der Waals surface area (Å²) in [5.74, 6) is -0.922. The van der Waals surface area contributed by atoms with Crippen molar-refractivity contribution in [2.75, 3.05) is 19.7 Å². The van der Waals surface area contributed by atoms with E-state index in [1.807, 2.05) is 11.8 Å². The quantitative estimate of drug-likeness (QED) is 0.266. The van der Waals surface area contributed by atoms with Gasteiger partial charge in [-0.1, -0.05) is 88.6 Å². The fraction of sp³-hybridized carbons (Fsp3) is 0.658. The molecule has 3 unspecified atom stereocenters. The zero-order valence-corrected chi connectivity index (χ0v) is 27.4. The van der Waals surface area contributed by atoms with Gasteiger partial charge in [0.15, 0.2) is 0 Å².